The minimum absolute atomic E-state index is 0.395. The number of aliphatic imine (C=N–C) groups is 1. The van der Waals surface area contributed by atoms with Crippen molar-refractivity contribution < 1.29 is 9.47 Å². The topological polar surface area (TPSA) is 49.3 Å². The second-order valence-electron chi connectivity index (χ2n) is 6.78. The molecule has 2 aliphatic heterocycles. The minimum Gasteiger partial charge on any atom is -0.385 e. The number of hydrogen-bond donors (Lipinski definition) is 1. The molecular formula is C18H36N4O2. The van der Waals surface area contributed by atoms with Gasteiger partial charge in [-0.3, -0.25) is 4.99 Å². The zero-order chi connectivity index (χ0) is 17.0. The molecule has 2 heterocycles. The molecule has 0 unspecified atom stereocenters. The van der Waals surface area contributed by atoms with Gasteiger partial charge in [-0.25, -0.2) is 0 Å². The van der Waals surface area contributed by atoms with Gasteiger partial charge in [0, 0.05) is 47.0 Å². The van der Waals surface area contributed by atoms with E-state index in [0.717, 1.165) is 58.1 Å². The molecule has 0 aromatic rings. The van der Waals surface area contributed by atoms with E-state index >= 15 is 0 Å². The molecule has 0 aromatic carbocycles. The standard InChI is InChI=1S/C18H36N4O2/c1-19-18(20-9-5-12-21-10-3-4-11-21)22-13-7-17(8-14-22)24-16-6-15-23-2/h17H,3-16H2,1-2H3,(H,19,20). The number of nitrogens with one attached hydrogen (secondary N) is 1. The molecule has 6 heteroatoms. The third kappa shape index (κ3) is 6.95. The second kappa shape index (κ2) is 11.7. The van der Waals surface area contributed by atoms with Crippen molar-refractivity contribution in [2.75, 3.05) is 66.6 Å². The van der Waals surface area contributed by atoms with Crippen molar-refractivity contribution >= 4 is 5.96 Å². The number of methoxy groups -OCH3 is 1. The molecule has 0 bridgehead atoms. The maximum atomic E-state index is 5.93. The Labute approximate surface area is 147 Å². The second-order valence-corrected chi connectivity index (χ2v) is 6.78. The molecule has 2 aliphatic rings. The van der Waals surface area contributed by atoms with E-state index in [1.165, 1.54) is 38.9 Å². The molecule has 0 aliphatic carbocycles. The van der Waals surface area contributed by atoms with Gasteiger partial charge in [-0.05, 0) is 58.2 Å². The summed E-state index contributed by atoms with van der Waals surface area (Å²) in [7, 11) is 3.62. The van der Waals surface area contributed by atoms with Crippen LogP contribution in [-0.2, 0) is 9.47 Å². The quantitative estimate of drug-likeness (QED) is 0.392. The fourth-order valence-corrected chi connectivity index (χ4v) is 3.53. The summed E-state index contributed by atoms with van der Waals surface area (Å²) in [6.07, 6.45) is 7.49. The van der Waals surface area contributed by atoms with Crippen LogP contribution in [0.2, 0.25) is 0 Å². The molecule has 140 valence electrons. The van der Waals surface area contributed by atoms with Crippen molar-refractivity contribution in [2.45, 2.75) is 44.6 Å². The number of rotatable bonds is 9. The van der Waals surface area contributed by atoms with Crippen LogP contribution in [0.3, 0.4) is 0 Å². The fourth-order valence-electron chi connectivity index (χ4n) is 3.53. The molecule has 0 amide bonds. The summed E-state index contributed by atoms with van der Waals surface area (Å²) in [6.45, 7) is 8.44. The Morgan fingerprint density at radius 2 is 1.83 bits per heavy atom. The van der Waals surface area contributed by atoms with Gasteiger partial charge in [-0.2, -0.15) is 0 Å². The average Bonchev–Trinajstić information content (AvgIpc) is 3.13. The summed E-state index contributed by atoms with van der Waals surface area (Å²) < 4.78 is 11.0. The molecule has 0 saturated carbocycles. The van der Waals surface area contributed by atoms with Crippen LogP contribution in [-0.4, -0.2) is 88.5 Å². The first-order valence-corrected chi connectivity index (χ1v) is 9.62. The molecule has 2 saturated heterocycles. The summed E-state index contributed by atoms with van der Waals surface area (Å²) in [6, 6.07) is 0. The Morgan fingerprint density at radius 1 is 1.08 bits per heavy atom. The van der Waals surface area contributed by atoms with E-state index in [1.54, 1.807) is 7.11 Å². The number of ether oxygens (including phenoxy) is 2. The first-order valence-electron chi connectivity index (χ1n) is 9.62. The van der Waals surface area contributed by atoms with E-state index in [1.807, 2.05) is 7.05 Å². The highest BCUT2D eigenvalue weighted by molar-refractivity contribution is 5.79. The number of piperidine rings is 1. The lowest BCUT2D eigenvalue weighted by Gasteiger charge is -2.34. The van der Waals surface area contributed by atoms with Gasteiger partial charge in [-0.15, -0.1) is 0 Å². The van der Waals surface area contributed by atoms with Gasteiger partial charge >= 0.3 is 0 Å². The van der Waals surface area contributed by atoms with Crippen LogP contribution in [0.15, 0.2) is 4.99 Å². The van der Waals surface area contributed by atoms with Crippen molar-refractivity contribution in [2.24, 2.45) is 4.99 Å². The third-order valence-electron chi connectivity index (χ3n) is 4.93. The van der Waals surface area contributed by atoms with E-state index in [-0.39, 0.29) is 0 Å². The van der Waals surface area contributed by atoms with E-state index < -0.39 is 0 Å². The normalized spacial score (nSPS) is 20.8. The Kier molecular flexibility index (Phi) is 9.46. The molecule has 0 aromatic heterocycles. The number of guanidine groups is 1. The highest BCUT2D eigenvalue weighted by atomic mass is 16.5. The van der Waals surface area contributed by atoms with Crippen LogP contribution in [0, 0.1) is 0 Å². The van der Waals surface area contributed by atoms with Gasteiger partial charge in [0.05, 0.1) is 6.10 Å². The van der Waals surface area contributed by atoms with Crippen molar-refractivity contribution in [3.05, 3.63) is 0 Å². The number of nitrogens with zero attached hydrogens (tertiary/aromatic N) is 3. The summed E-state index contributed by atoms with van der Waals surface area (Å²) in [5, 5.41) is 3.53. The molecule has 0 radical (unpaired) electrons. The maximum absolute atomic E-state index is 5.93. The lowest BCUT2D eigenvalue weighted by Crippen LogP contribution is -2.47. The Hall–Kier alpha value is -0.850. The van der Waals surface area contributed by atoms with E-state index in [9.17, 15) is 0 Å². The van der Waals surface area contributed by atoms with Gasteiger partial charge in [-0.1, -0.05) is 0 Å². The molecule has 0 atom stereocenters. The molecule has 6 nitrogen and oxygen atoms in total. The number of hydrogen-bond acceptors (Lipinski definition) is 4. The first kappa shape index (κ1) is 19.5. The average molecular weight is 341 g/mol. The highest BCUT2D eigenvalue weighted by Crippen LogP contribution is 2.14. The smallest absolute Gasteiger partial charge is 0.193 e. The summed E-state index contributed by atoms with van der Waals surface area (Å²) in [4.78, 5) is 9.39. The van der Waals surface area contributed by atoms with Crippen LogP contribution in [0.25, 0.3) is 0 Å². The largest absolute Gasteiger partial charge is 0.385 e. The van der Waals surface area contributed by atoms with Crippen LogP contribution in [0.1, 0.15) is 38.5 Å². The van der Waals surface area contributed by atoms with Gasteiger partial charge < -0.3 is 24.6 Å². The minimum atomic E-state index is 0.395. The molecule has 0 spiro atoms. The molecule has 2 fully saturated rings. The van der Waals surface area contributed by atoms with Crippen LogP contribution < -0.4 is 5.32 Å². The summed E-state index contributed by atoms with van der Waals surface area (Å²) >= 11 is 0. The third-order valence-corrected chi connectivity index (χ3v) is 4.93. The highest BCUT2D eigenvalue weighted by Gasteiger charge is 2.21. The van der Waals surface area contributed by atoms with Crippen LogP contribution in [0.4, 0.5) is 0 Å². The van der Waals surface area contributed by atoms with Crippen LogP contribution >= 0.6 is 0 Å². The predicted molar refractivity (Wildman–Crippen MR) is 98.7 cm³/mol. The number of likely N-dealkylation sites (tertiary alicyclic amines) is 2. The Balaban J connectivity index is 1.56. The monoisotopic (exact) mass is 340 g/mol. The van der Waals surface area contributed by atoms with Gasteiger partial charge in [0.25, 0.3) is 0 Å². The maximum Gasteiger partial charge on any atom is 0.193 e. The first-order chi connectivity index (χ1) is 11.8. The lowest BCUT2D eigenvalue weighted by molar-refractivity contribution is 0.00991. The van der Waals surface area contributed by atoms with Crippen molar-refractivity contribution in [3.63, 3.8) is 0 Å². The van der Waals surface area contributed by atoms with Crippen molar-refractivity contribution in [1.29, 1.82) is 0 Å². The van der Waals surface area contributed by atoms with Gasteiger partial charge in [0.1, 0.15) is 0 Å². The van der Waals surface area contributed by atoms with Crippen LogP contribution in [0.5, 0.6) is 0 Å². The Bertz CT molecular complexity index is 351. The van der Waals surface area contributed by atoms with E-state index in [4.69, 9.17) is 9.47 Å². The zero-order valence-electron chi connectivity index (χ0n) is 15.6. The molecular weight excluding hydrogens is 304 g/mol. The van der Waals surface area contributed by atoms with Gasteiger partial charge in [0.2, 0.25) is 0 Å². The van der Waals surface area contributed by atoms with E-state index in [2.05, 4.69) is 20.1 Å². The summed E-state index contributed by atoms with van der Waals surface area (Å²) in [5.74, 6) is 1.05. The Morgan fingerprint density at radius 3 is 2.50 bits per heavy atom. The SMILES string of the molecule is CN=C(NCCCN1CCCC1)N1CCC(OCCCOC)CC1. The predicted octanol–water partition coefficient (Wildman–Crippen LogP) is 1.57. The summed E-state index contributed by atoms with van der Waals surface area (Å²) in [5.41, 5.74) is 0. The van der Waals surface area contributed by atoms with Gasteiger partial charge in [0.15, 0.2) is 5.96 Å². The van der Waals surface area contributed by atoms with Crippen molar-refractivity contribution in [1.82, 2.24) is 15.1 Å². The lowest BCUT2D eigenvalue weighted by atomic mass is 10.1. The molecule has 1 N–H and O–H groups in total. The van der Waals surface area contributed by atoms with E-state index in [0.29, 0.717) is 6.10 Å². The fraction of sp³-hybridized carbons (Fsp3) is 0.944. The molecule has 24 heavy (non-hydrogen) atoms. The zero-order valence-corrected chi connectivity index (χ0v) is 15.6. The van der Waals surface area contributed by atoms with Crippen molar-refractivity contribution in [3.8, 4) is 0 Å². The molecule has 2 rings (SSSR count).